The molecule has 2 heterocycles. The van der Waals surface area contributed by atoms with Crippen LogP contribution in [-0.4, -0.2) is 41.9 Å². The molecule has 0 radical (unpaired) electrons. The van der Waals surface area contributed by atoms with Gasteiger partial charge in [0, 0.05) is 48.2 Å². The van der Waals surface area contributed by atoms with Crippen LogP contribution >= 0.6 is 0 Å². The maximum absolute atomic E-state index is 13.2. The smallest absolute Gasteiger partial charge is 0.253 e. The van der Waals surface area contributed by atoms with Gasteiger partial charge in [-0.1, -0.05) is 61.2 Å². The van der Waals surface area contributed by atoms with Gasteiger partial charge in [0.1, 0.15) is 5.65 Å². The van der Waals surface area contributed by atoms with Gasteiger partial charge in [0.05, 0.1) is 11.3 Å². The molecule has 0 aliphatic carbocycles. The number of hydrogen-bond donors (Lipinski definition) is 5. The van der Waals surface area contributed by atoms with Crippen LogP contribution in [-0.2, 0) is 11.3 Å². The fourth-order valence-electron chi connectivity index (χ4n) is 4.77. The number of carbonyl (C=O) groups is 2. The average Bonchev–Trinajstić information content (AvgIpc) is 3.40. The van der Waals surface area contributed by atoms with Crippen molar-refractivity contribution in [3.05, 3.63) is 114 Å². The number of fused-ring (bicyclic) bond motifs is 1. The van der Waals surface area contributed by atoms with Crippen molar-refractivity contribution in [1.29, 1.82) is 0 Å². The number of nitrogens with one attached hydrogen (secondary N) is 5. The molecule has 0 saturated carbocycles. The highest BCUT2D eigenvalue weighted by Gasteiger charge is 2.19. The predicted octanol–water partition coefficient (Wildman–Crippen LogP) is 5.89. The van der Waals surface area contributed by atoms with Crippen LogP contribution in [0.5, 0.6) is 0 Å². The van der Waals surface area contributed by atoms with Crippen molar-refractivity contribution in [3.8, 4) is 22.4 Å². The van der Waals surface area contributed by atoms with Crippen LogP contribution in [0.1, 0.15) is 21.5 Å². The van der Waals surface area contributed by atoms with Crippen LogP contribution in [0.3, 0.4) is 0 Å². The summed E-state index contributed by atoms with van der Waals surface area (Å²) in [6, 6.07) is 25.8. The Labute approximate surface area is 245 Å². The normalized spacial score (nSPS) is 10.8. The van der Waals surface area contributed by atoms with Gasteiger partial charge < -0.3 is 26.3 Å². The summed E-state index contributed by atoms with van der Waals surface area (Å²) in [5, 5.41) is 13.2. The van der Waals surface area contributed by atoms with E-state index in [9.17, 15) is 9.59 Å². The maximum atomic E-state index is 13.2. The van der Waals surface area contributed by atoms with Crippen LogP contribution in [0.4, 0.5) is 11.4 Å². The lowest BCUT2D eigenvalue weighted by Crippen LogP contribution is -2.22. The molecule has 5 rings (SSSR count). The van der Waals surface area contributed by atoms with Gasteiger partial charge in [0.15, 0.2) is 0 Å². The summed E-state index contributed by atoms with van der Waals surface area (Å²) in [4.78, 5) is 33.4. The third-order valence-electron chi connectivity index (χ3n) is 7.06. The van der Waals surface area contributed by atoms with E-state index in [0.29, 0.717) is 23.4 Å². The van der Waals surface area contributed by atoms with Gasteiger partial charge in [-0.3, -0.25) is 9.59 Å². The molecule has 5 aromatic rings. The van der Waals surface area contributed by atoms with E-state index in [1.54, 1.807) is 6.20 Å². The van der Waals surface area contributed by atoms with Crippen LogP contribution in [0.2, 0.25) is 0 Å². The standard InChI is InChI=1S/C34H34N6O2/c1-4-30(41)39-29-19-25(11-10-22(29)2)31-28-18-26(34(42)38-20-23-8-6-5-7-9-23)21-37-33(28)40-32(31)24-12-14-27(15-13-24)36-17-16-35-3/h4-15,18-19,21,35-36H,1,16-17,20H2,2-3H3,(H,37,40)(H,38,42)(H,39,41). The van der Waals surface area contributed by atoms with Crippen molar-refractivity contribution < 1.29 is 9.59 Å². The van der Waals surface area contributed by atoms with E-state index < -0.39 is 0 Å². The number of amides is 2. The molecule has 0 atom stereocenters. The minimum absolute atomic E-state index is 0.207. The molecule has 0 aliphatic heterocycles. The highest BCUT2D eigenvalue weighted by Crippen LogP contribution is 2.39. The first-order chi connectivity index (χ1) is 20.5. The molecule has 0 saturated heterocycles. The summed E-state index contributed by atoms with van der Waals surface area (Å²) in [5.74, 6) is -0.489. The van der Waals surface area contributed by atoms with E-state index in [0.717, 1.165) is 57.7 Å². The lowest BCUT2D eigenvalue weighted by atomic mass is 9.96. The van der Waals surface area contributed by atoms with Gasteiger partial charge in [-0.2, -0.15) is 0 Å². The molecule has 0 bridgehead atoms. The number of hydrogen-bond acceptors (Lipinski definition) is 5. The molecular formula is C34H34N6O2. The molecule has 0 unspecified atom stereocenters. The van der Waals surface area contributed by atoms with Gasteiger partial charge in [0.2, 0.25) is 5.91 Å². The largest absolute Gasteiger partial charge is 0.384 e. The zero-order valence-electron chi connectivity index (χ0n) is 23.8. The van der Waals surface area contributed by atoms with E-state index in [1.165, 1.54) is 6.08 Å². The zero-order valence-corrected chi connectivity index (χ0v) is 23.8. The van der Waals surface area contributed by atoms with E-state index in [1.807, 2.05) is 80.7 Å². The average molecular weight is 559 g/mol. The number of aryl methyl sites for hydroxylation is 1. The van der Waals surface area contributed by atoms with Crippen molar-refractivity contribution in [3.63, 3.8) is 0 Å². The molecule has 2 aromatic heterocycles. The number of benzene rings is 3. The van der Waals surface area contributed by atoms with E-state index in [2.05, 4.69) is 49.9 Å². The van der Waals surface area contributed by atoms with Gasteiger partial charge in [-0.15, -0.1) is 0 Å². The first-order valence-electron chi connectivity index (χ1n) is 13.8. The van der Waals surface area contributed by atoms with Gasteiger partial charge >= 0.3 is 0 Å². The predicted molar refractivity (Wildman–Crippen MR) is 171 cm³/mol. The molecule has 0 aliphatic rings. The van der Waals surface area contributed by atoms with Crippen molar-refractivity contribution >= 4 is 34.2 Å². The number of carbonyl (C=O) groups excluding carboxylic acids is 2. The number of likely N-dealkylation sites (N-methyl/N-ethyl adjacent to an activating group) is 1. The lowest BCUT2D eigenvalue weighted by molar-refractivity contribution is -0.111. The number of anilines is 2. The minimum Gasteiger partial charge on any atom is -0.384 e. The van der Waals surface area contributed by atoms with Crippen molar-refractivity contribution in [2.24, 2.45) is 0 Å². The van der Waals surface area contributed by atoms with Gasteiger partial charge in [-0.05, 0) is 66.6 Å². The topological polar surface area (TPSA) is 111 Å². The lowest BCUT2D eigenvalue weighted by Gasteiger charge is -2.12. The van der Waals surface area contributed by atoms with Crippen LogP contribution < -0.4 is 21.3 Å². The molecule has 2 amide bonds. The number of H-pyrrole nitrogens is 1. The number of aromatic nitrogens is 2. The fourth-order valence-corrected chi connectivity index (χ4v) is 4.77. The Morgan fingerprint density at radius 3 is 2.45 bits per heavy atom. The second kappa shape index (κ2) is 13.0. The Kier molecular flexibility index (Phi) is 8.75. The van der Waals surface area contributed by atoms with Crippen molar-refractivity contribution in [2.45, 2.75) is 13.5 Å². The summed E-state index contributed by atoms with van der Waals surface area (Å²) >= 11 is 0. The molecule has 0 fully saturated rings. The number of aromatic amines is 1. The summed E-state index contributed by atoms with van der Waals surface area (Å²) in [6.45, 7) is 7.61. The zero-order chi connectivity index (χ0) is 29.5. The Morgan fingerprint density at radius 1 is 0.952 bits per heavy atom. The molecule has 5 N–H and O–H groups in total. The summed E-state index contributed by atoms with van der Waals surface area (Å²) in [5.41, 5.74) is 8.36. The van der Waals surface area contributed by atoms with Crippen molar-refractivity contribution in [2.75, 3.05) is 30.8 Å². The monoisotopic (exact) mass is 558 g/mol. The summed E-state index contributed by atoms with van der Waals surface area (Å²) in [6.07, 6.45) is 2.84. The maximum Gasteiger partial charge on any atom is 0.253 e. The van der Waals surface area contributed by atoms with Crippen LogP contribution in [0.15, 0.2) is 97.7 Å². The second-order valence-electron chi connectivity index (χ2n) is 9.99. The first kappa shape index (κ1) is 28.3. The highest BCUT2D eigenvalue weighted by molar-refractivity contribution is 6.07. The Hall–Kier alpha value is -5.21. The molecular weight excluding hydrogens is 524 g/mol. The molecule has 42 heavy (non-hydrogen) atoms. The van der Waals surface area contributed by atoms with E-state index in [4.69, 9.17) is 0 Å². The van der Waals surface area contributed by atoms with Crippen LogP contribution in [0, 0.1) is 6.92 Å². The quantitative estimate of drug-likeness (QED) is 0.103. The van der Waals surface area contributed by atoms with Crippen LogP contribution in [0.25, 0.3) is 33.4 Å². The summed E-state index contributed by atoms with van der Waals surface area (Å²) in [7, 11) is 1.92. The highest BCUT2D eigenvalue weighted by atomic mass is 16.2. The third kappa shape index (κ3) is 6.40. The second-order valence-corrected chi connectivity index (χ2v) is 9.99. The Balaban J connectivity index is 1.57. The number of nitrogens with zero attached hydrogens (tertiary/aromatic N) is 1. The van der Waals surface area contributed by atoms with Crippen molar-refractivity contribution in [1.82, 2.24) is 20.6 Å². The van der Waals surface area contributed by atoms with E-state index in [-0.39, 0.29) is 11.8 Å². The molecule has 8 nitrogen and oxygen atoms in total. The summed E-state index contributed by atoms with van der Waals surface area (Å²) < 4.78 is 0. The number of rotatable bonds is 11. The third-order valence-corrected chi connectivity index (χ3v) is 7.06. The fraction of sp³-hybridized carbons (Fsp3) is 0.147. The molecule has 3 aromatic carbocycles. The number of pyridine rings is 1. The van der Waals surface area contributed by atoms with Gasteiger partial charge in [-0.25, -0.2) is 4.98 Å². The minimum atomic E-state index is -0.283. The molecule has 0 spiro atoms. The van der Waals surface area contributed by atoms with E-state index >= 15 is 0 Å². The molecule has 212 valence electrons. The van der Waals surface area contributed by atoms with Gasteiger partial charge in [0.25, 0.3) is 5.91 Å². The molecule has 8 heteroatoms. The Morgan fingerprint density at radius 2 is 1.71 bits per heavy atom. The SMILES string of the molecule is C=CC(=O)Nc1cc(-c2c(-c3ccc(NCCNC)cc3)[nH]c3ncc(C(=O)NCc4ccccc4)cc23)ccc1C. The Bertz CT molecular complexity index is 1730. The first-order valence-corrected chi connectivity index (χ1v) is 13.8.